The van der Waals surface area contributed by atoms with Crippen molar-refractivity contribution in [2.75, 3.05) is 32.8 Å². The summed E-state index contributed by atoms with van der Waals surface area (Å²) in [5.74, 6) is 6.04. The van der Waals surface area contributed by atoms with Crippen molar-refractivity contribution in [3.05, 3.63) is 65.5 Å². The molecule has 3 rings (SSSR count). The predicted molar refractivity (Wildman–Crippen MR) is 101 cm³/mol. The van der Waals surface area contributed by atoms with Crippen LogP contribution in [0.25, 0.3) is 0 Å². The molecule has 1 aliphatic heterocycles. The normalized spacial score (nSPS) is 17.0. The summed E-state index contributed by atoms with van der Waals surface area (Å²) in [6.45, 7) is 4.46. The van der Waals surface area contributed by atoms with Crippen molar-refractivity contribution in [1.82, 2.24) is 4.90 Å². The Bertz CT molecular complexity index is 842. The average molecular weight is 367 g/mol. The molecule has 140 valence electrons. The van der Waals surface area contributed by atoms with Crippen LogP contribution in [0.15, 0.2) is 48.5 Å². The van der Waals surface area contributed by atoms with Gasteiger partial charge in [0.15, 0.2) is 5.78 Å². The summed E-state index contributed by atoms with van der Waals surface area (Å²) in [7, 11) is 0. The summed E-state index contributed by atoms with van der Waals surface area (Å²) in [4.78, 5) is 13.9. The summed E-state index contributed by atoms with van der Waals surface area (Å²) in [6, 6.07) is 13.8. The Hall–Kier alpha value is -2.68. The SMILES string of the molecule is CC(=O)c1cc(F)ccc1OCC1CN(CC#Cc2ccccc2)CCO1. The first kappa shape index (κ1) is 19.1. The summed E-state index contributed by atoms with van der Waals surface area (Å²) >= 11 is 0. The van der Waals surface area contributed by atoms with E-state index in [4.69, 9.17) is 9.47 Å². The molecule has 1 atom stereocenters. The van der Waals surface area contributed by atoms with Crippen LogP contribution in [-0.4, -0.2) is 49.6 Å². The Labute approximate surface area is 158 Å². The molecule has 1 aliphatic rings. The third-order valence-electron chi connectivity index (χ3n) is 4.28. The number of Topliss-reactive ketones (excluding diaryl/α,β-unsaturated/α-hetero) is 1. The highest BCUT2D eigenvalue weighted by molar-refractivity contribution is 5.96. The van der Waals surface area contributed by atoms with Crippen LogP contribution in [0, 0.1) is 17.7 Å². The lowest BCUT2D eigenvalue weighted by Gasteiger charge is -2.31. The van der Waals surface area contributed by atoms with Gasteiger partial charge in [0.25, 0.3) is 0 Å². The zero-order valence-electron chi connectivity index (χ0n) is 15.3. The van der Waals surface area contributed by atoms with E-state index in [1.807, 2.05) is 30.3 Å². The fourth-order valence-electron chi connectivity index (χ4n) is 2.89. The second-order valence-electron chi connectivity index (χ2n) is 6.40. The zero-order valence-corrected chi connectivity index (χ0v) is 15.3. The first-order valence-electron chi connectivity index (χ1n) is 8.93. The largest absolute Gasteiger partial charge is 0.490 e. The number of rotatable bonds is 5. The smallest absolute Gasteiger partial charge is 0.163 e. The number of ether oxygens (including phenoxy) is 2. The highest BCUT2D eigenvalue weighted by atomic mass is 19.1. The number of morpholine rings is 1. The van der Waals surface area contributed by atoms with Gasteiger partial charge in [-0.3, -0.25) is 9.69 Å². The van der Waals surface area contributed by atoms with Crippen LogP contribution in [-0.2, 0) is 4.74 Å². The molecular formula is C22H22FNO3. The van der Waals surface area contributed by atoms with Crippen molar-refractivity contribution in [3.63, 3.8) is 0 Å². The van der Waals surface area contributed by atoms with Gasteiger partial charge in [-0.05, 0) is 37.3 Å². The standard InChI is InChI=1S/C22H22FNO3/c1-17(25)21-14-19(23)9-10-22(21)27-16-20-15-24(12-13-26-20)11-5-8-18-6-3-2-4-7-18/h2-4,6-7,9-10,14,20H,11-13,15-16H2,1H3. The minimum atomic E-state index is -0.454. The van der Waals surface area contributed by atoms with E-state index < -0.39 is 5.82 Å². The maximum Gasteiger partial charge on any atom is 0.163 e. The van der Waals surface area contributed by atoms with Crippen molar-refractivity contribution >= 4 is 5.78 Å². The van der Waals surface area contributed by atoms with Crippen molar-refractivity contribution < 1.29 is 18.7 Å². The molecule has 2 aromatic carbocycles. The van der Waals surface area contributed by atoms with Gasteiger partial charge >= 0.3 is 0 Å². The van der Waals surface area contributed by atoms with Crippen LogP contribution in [0.4, 0.5) is 4.39 Å². The Morgan fingerprint density at radius 3 is 2.89 bits per heavy atom. The molecule has 0 N–H and O–H groups in total. The quantitative estimate of drug-likeness (QED) is 0.601. The van der Waals surface area contributed by atoms with E-state index in [1.54, 1.807) is 0 Å². The fourth-order valence-corrected chi connectivity index (χ4v) is 2.89. The minimum absolute atomic E-state index is 0.123. The maximum atomic E-state index is 13.3. The molecule has 1 heterocycles. The van der Waals surface area contributed by atoms with Gasteiger partial charge in [-0.2, -0.15) is 0 Å². The zero-order chi connectivity index (χ0) is 19.1. The summed E-state index contributed by atoms with van der Waals surface area (Å²) in [5.41, 5.74) is 1.25. The van der Waals surface area contributed by atoms with Gasteiger partial charge in [-0.1, -0.05) is 30.0 Å². The molecule has 2 aromatic rings. The highest BCUT2D eigenvalue weighted by Gasteiger charge is 2.21. The average Bonchev–Trinajstić information content (AvgIpc) is 2.68. The number of benzene rings is 2. The van der Waals surface area contributed by atoms with E-state index in [9.17, 15) is 9.18 Å². The molecule has 0 amide bonds. The monoisotopic (exact) mass is 367 g/mol. The molecule has 1 saturated heterocycles. The molecule has 1 unspecified atom stereocenters. The van der Waals surface area contributed by atoms with Crippen LogP contribution in [0.1, 0.15) is 22.8 Å². The van der Waals surface area contributed by atoms with E-state index >= 15 is 0 Å². The topological polar surface area (TPSA) is 38.8 Å². The van der Waals surface area contributed by atoms with Gasteiger partial charge in [-0.25, -0.2) is 4.39 Å². The van der Waals surface area contributed by atoms with Crippen LogP contribution >= 0.6 is 0 Å². The van der Waals surface area contributed by atoms with Crippen LogP contribution < -0.4 is 4.74 Å². The number of carbonyl (C=O) groups excluding carboxylic acids is 1. The first-order chi connectivity index (χ1) is 13.1. The molecule has 1 fully saturated rings. The molecule has 4 nitrogen and oxygen atoms in total. The van der Waals surface area contributed by atoms with Gasteiger partial charge in [0.2, 0.25) is 0 Å². The number of nitrogens with zero attached hydrogens (tertiary/aromatic N) is 1. The number of carbonyl (C=O) groups is 1. The van der Waals surface area contributed by atoms with E-state index in [0.717, 1.165) is 12.1 Å². The van der Waals surface area contributed by atoms with Gasteiger partial charge in [-0.15, -0.1) is 0 Å². The van der Waals surface area contributed by atoms with Crippen LogP contribution in [0.3, 0.4) is 0 Å². The fraction of sp³-hybridized carbons (Fsp3) is 0.318. The second kappa shape index (κ2) is 9.31. The minimum Gasteiger partial charge on any atom is -0.490 e. The van der Waals surface area contributed by atoms with Crippen LogP contribution in [0.2, 0.25) is 0 Å². The van der Waals surface area contributed by atoms with Crippen molar-refractivity contribution in [1.29, 1.82) is 0 Å². The Balaban J connectivity index is 1.53. The first-order valence-corrected chi connectivity index (χ1v) is 8.93. The lowest BCUT2D eigenvalue weighted by molar-refractivity contribution is -0.0441. The predicted octanol–water partition coefficient (Wildman–Crippen LogP) is 3.16. The molecule has 5 heteroatoms. The maximum absolute atomic E-state index is 13.3. The lowest BCUT2D eigenvalue weighted by atomic mass is 10.1. The molecule has 0 aromatic heterocycles. The third kappa shape index (κ3) is 5.65. The molecule has 0 spiro atoms. The molecular weight excluding hydrogens is 345 g/mol. The Kier molecular flexibility index (Phi) is 6.59. The van der Waals surface area contributed by atoms with Crippen molar-refractivity contribution in [3.8, 4) is 17.6 Å². The summed E-state index contributed by atoms with van der Waals surface area (Å²) in [5, 5.41) is 0. The third-order valence-corrected chi connectivity index (χ3v) is 4.28. The van der Waals surface area contributed by atoms with E-state index in [2.05, 4.69) is 16.7 Å². The van der Waals surface area contributed by atoms with Gasteiger partial charge in [0.1, 0.15) is 24.3 Å². The molecule has 0 saturated carbocycles. The van der Waals surface area contributed by atoms with Crippen LogP contribution in [0.5, 0.6) is 5.75 Å². The van der Waals surface area contributed by atoms with Gasteiger partial charge < -0.3 is 9.47 Å². The molecule has 27 heavy (non-hydrogen) atoms. The number of hydrogen-bond acceptors (Lipinski definition) is 4. The van der Waals surface area contributed by atoms with E-state index in [0.29, 0.717) is 32.1 Å². The lowest BCUT2D eigenvalue weighted by Crippen LogP contribution is -2.45. The van der Waals surface area contributed by atoms with Crippen molar-refractivity contribution in [2.24, 2.45) is 0 Å². The molecule has 0 bridgehead atoms. The van der Waals surface area contributed by atoms with Gasteiger partial charge in [0.05, 0.1) is 18.7 Å². The number of hydrogen-bond donors (Lipinski definition) is 0. The van der Waals surface area contributed by atoms with E-state index in [1.165, 1.54) is 25.1 Å². The van der Waals surface area contributed by atoms with Crippen molar-refractivity contribution in [2.45, 2.75) is 13.0 Å². The molecule has 0 radical (unpaired) electrons. The summed E-state index contributed by atoms with van der Waals surface area (Å²) in [6.07, 6.45) is -0.123. The van der Waals surface area contributed by atoms with Gasteiger partial charge in [0, 0.05) is 18.7 Å². The second-order valence-corrected chi connectivity index (χ2v) is 6.40. The Morgan fingerprint density at radius 2 is 2.11 bits per heavy atom. The summed E-state index contributed by atoms with van der Waals surface area (Å²) < 4.78 is 24.8. The number of halogens is 1. The van der Waals surface area contributed by atoms with E-state index in [-0.39, 0.29) is 17.5 Å². The molecule has 0 aliphatic carbocycles. The Morgan fingerprint density at radius 1 is 1.30 bits per heavy atom. The highest BCUT2D eigenvalue weighted by Crippen LogP contribution is 2.21. The number of ketones is 1.